The minimum atomic E-state index is -3.79. The number of carbonyl (C=O) groups is 2. The Bertz CT molecular complexity index is 1040. The van der Waals surface area contributed by atoms with Gasteiger partial charge in [0.15, 0.2) is 0 Å². The van der Waals surface area contributed by atoms with Crippen molar-refractivity contribution in [1.82, 2.24) is 10.2 Å². The Balaban J connectivity index is 2.39. The molecular weight excluding hydrogens is 442 g/mol. The number of sulfonamides is 1. The lowest BCUT2D eigenvalue weighted by Crippen LogP contribution is -2.50. The molecule has 2 amide bonds. The van der Waals surface area contributed by atoms with Crippen LogP contribution >= 0.6 is 11.6 Å². The van der Waals surface area contributed by atoms with Gasteiger partial charge < -0.3 is 15.0 Å². The van der Waals surface area contributed by atoms with E-state index in [0.717, 1.165) is 16.1 Å². The quantitative estimate of drug-likeness (QED) is 0.610. The zero-order valence-electron chi connectivity index (χ0n) is 17.8. The van der Waals surface area contributed by atoms with Gasteiger partial charge in [-0.3, -0.25) is 13.9 Å². The molecule has 1 N–H and O–H groups in total. The van der Waals surface area contributed by atoms with Crippen molar-refractivity contribution < 1.29 is 22.7 Å². The summed E-state index contributed by atoms with van der Waals surface area (Å²) in [6.07, 6.45) is 1.01. The average Bonchev–Trinajstić information content (AvgIpc) is 2.73. The molecule has 2 rings (SSSR count). The van der Waals surface area contributed by atoms with Crippen molar-refractivity contribution in [2.45, 2.75) is 19.5 Å². The second kappa shape index (κ2) is 10.5. The summed E-state index contributed by atoms with van der Waals surface area (Å²) in [5.74, 6) is -0.302. The zero-order valence-corrected chi connectivity index (χ0v) is 19.4. The van der Waals surface area contributed by atoms with Gasteiger partial charge in [-0.15, -0.1) is 0 Å². The Morgan fingerprint density at radius 2 is 1.84 bits per heavy atom. The standard InChI is InChI=1S/C21H26ClN3O5S/c1-15(21(27)23-2)24(13-16-7-5-10-19(11-16)30-3)20(26)14-25(31(4,28)29)18-9-6-8-17(22)12-18/h5-12,15H,13-14H2,1-4H3,(H,23,27). The first-order valence-corrected chi connectivity index (χ1v) is 11.7. The number of nitrogens with zero attached hydrogens (tertiary/aromatic N) is 2. The maximum atomic E-state index is 13.3. The molecule has 0 saturated carbocycles. The number of methoxy groups -OCH3 is 1. The molecule has 2 aromatic rings. The van der Waals surface area contributed by atoms with Crippen molar-refractivity contribution in [1.29, 1.82) is 0 Å². The number of anilines is 1. The molecule has 0 bridgehead atoms. The van der Waals surface area contributed by atoms with Gasteiger partial charge in [0.05, 0.1) is 19.1 Å². The Hall–Kier alpha value is -2.78. The van der Waals surface area contributed by atoms with E-state index in [1.165, 1.54) is 25.1 Å². The van der Waals surface area contributed by atoms with Gasteiger partial charge in [-0.2, -0.15) is 0 Å². The maximum Gasteiger partial charge on any atom is 0.244 e. The molecule has 0 aliphatic heterocycles. The Labute approximate surface area is 187 Å². The molecular formula is C21H26ClN3O5S. The van der Waals surface area contributed by atoms with Crippen LogP contribution in [0.5, 0.6) is 5.75 Å². The number of likely N-dealkylation sites (N-methyl/N-ethyl adjacent to an activating group) is 1. The van der Waals surface area contributed by atoms with E-state index in [4.69, 9.17) is 16.3 Å². The molecule has 0 fully saturated rings. The number of rotatable bonds is 9. The molecule has 0 spiro atoms. The van der Waals surface area contributed by atoms with Crippen LogP contribution in [-0.2, 0) is 26.2 Å². The first-order valence-electron chi connectivity index (χ1n) is 9.44. The minimum Gasteiger partial charge on any atom is -0.497 e. The van der Waals surface area contributed by atoms with Crippen LogP contribution in [0.2, 0.25) is 5.02 Å². The predicted octanol–water partition coefficient (Wildman–Crippen LogP) is 2.28. The summed E-state index contributed by atoms with van der Waals surface area (Å²) in [6.45, 7) is 1.20. The minimum absolute atomic E-state index is 0.0950. The molecule has 0 aromatic heterocycles. The van der Waals surface area contributed by atoms with E-state index in [0.29, 0.717) is 10.8 Å². The van der Waals surface area contributed by atoms with E-state index in [1.807, 2.05) is 0 Å². The smallest absolute Gasteiger partial charge is 0.244 e. The van der Waals surface area contributed by atoms with Gasteiger partial charge >= 0.3 is 0 Å². The lowest BCUT2D eigenvalue weighted by atomic mass is 10.1. The van der Waals surface area contributed by atoms with Gasteiger partial charge in [-0.05, 0) is 42.8 Å². The normalized spacial score (nSPS) is 12.0. The summed E-state index contributed by atoms with van der Waals surface area (Å²) >= 11 is 6.00. The topological polar surface area (TPSA) is 96.0 Å². The second-order valence-corrected chi connectivity index (χ2v) is 9.26. The molecule has 168 valence electrons. The summed E-state index contributed by atoms with van der Waals surface area (Å²) in [4.78, 5) is 26.9. The summed E-state index contributed by atoms with van der Waals surface area (Å²) in [5, 5.41) is 2.86. The fourth-order valence-electron chi connectivity index (χ4n) is 3.00. The van der Waals surface area contributed by atoms with Gasteiger partial charge in [0.25, 0.3) is 0 Å². The van der Waals surface area contributed by atoms with Crippen molar-refractivity contribution in [3.8, 4) is 5.75 Å². The average molecular weight is 468 g/mol. The number of hydrogen-bond acceptors (Lipinski definition) is 5. The third-order valence-corrected chi connectivity index (χ3v) is 6.05. The third kappa shape index (κ3) is 6.60. The molecule has 0 saturated heterocycles. The molecule has 0 heterocycles. The van der Waals surface area contributed by atoms with E-state index in [9.17, 15) is 18.0 Å². The number of ether oxygens (including phenoxy) is 1. The van der Waals surface area contributed by atoms with E-state index in [-0.39, 0.29) is 18.1 Å². The van der Waals surface area contributed by atoms with Gasteiger partial charge in [-0.25, -0.2) is 8.42 Å². The van der Waals surface area contributed by atoms with Crippen molar-refractivity contribution in [2.24, 2.45) is 0 Å². The number of carbonyl (C=O) groups excluding carboxylic acids is 2. The number of hydrogen-bond donors (Lipinski definition) is 1. The highest BCUT2D eigenvalue weighted by Gasteiger charge is 2.29. The van der Waals surface area contributed by atoms with Gasteiger partial charge in [-0.1, -0.05) is 29.8 Å². The van der Waals surface area contributed by atoms with Crippen molar-refractivity contribution in [2.75, 3.05) is 31.3 Å². The van der Waals surface area contributed by atoms with E-state index < -0.39 is 28.5 Å². The number of halogens is 1. The first-order chi connectivity index (χ1) is 14.6. The second-order valence-electron chi connectivity index (χ2n) is 6.91. The number of amides is 2. The summed E-state index contributed by atoms with van der Waals surface area (Å²) in [5.41, 5.74) is 0.995. The van der Waals surface area contributed by atoms with Crippen molar-refractivity contribution >= 4 is 39.1 Å². The molecule has 2 aromatic carbocycles. The summed E-state index contributed by atoms with van der Waals surface area (Å²) in [7, 11) is -0.786. The van der Waals surface area contributed by atoms with E-state index in [1.54, 1.807) is 49.4 Å². The molecule has 0 radical (unpaired) electrons. The van der Waals surface area contributed by atoms with Crippen LogP contribution < -0.4 is 14.4 Å². The van der Waals surface area contributed by atoms with Gasteiger partial charge in [0, 0.05) is 18.6 Å². The lowest BCUT2D eigenvalue weighted by Gasteiger charge is -2.31. The third-order valence-electron chi connectivity index (χ3n) is 4.68. The predicted molar refractivity (Wildman–Crippen MR) is 121 cm³/mol. The van der Waals surface area contributed by atoms with Crippen LogP contribution in [0.15, 0.2) is 48.5 Å². The van der Waals surface area contributed by atoms with E-state index >= 15 is 0 Å². The van der Waals surface area contributed by atoms with Crippen LogP contribution in [0.1, 0.15) is 12.5 Å². The number of nitrogens with one attached hydrogen (secondary N) is 1. The monoisotopic (exact) mass is 467 g/mol. The van der Waals surface area contributed by atoms with Gasteiger partial charge in [0.1, 0.15) is 18.3 Å². The summed E-state index contributed by atoms with van der Waals surface area (Å²) in [6, 6.07) is 12.5. The molecule has 1 atom stereocenters. The van der Waals surface area contributed by atoms with Crippen molar-refractivity contribution in [3.05, 3.63) is 59.1 Å². The zero-order chi connectivity index (χ0) is 23.2. The van der Waals surface area contributed by atoms with Crippen LogP contribution in [0.4, 0.5) is 5.69 Å². The molecule has 31 heavy (non-hydrogen) atoms. The highest BCUT2D eigenvalue weighted by Crippen LogP contribution is 2.23. The van der Waals surface area contributed by atoms with E-state index in [2.05, 4.69) is 5.32 Å². The Morgan fingerprint density at radius 3 is 2.42 bits per heavy atom. The highest BCUT2D eigenvalue weighted by atomic mass is 35.5. The first kappa shape index (κ1) is 24.5. The molecule has 0 aliphatic carbocycles. The molecule has 10 heteroatoms. The van der Waals surface area contributed by atoms with Crippen LogP contribution in [0.25, 0.3) is 0 Å². The molecule has 1 unspecified atom stereocenters. The van der Waals surface area contributed by atoms with Gasteiger partial charge in [0.2, 0.25) is 21.8 Å². The maximum absolute atomic E-state index is 13.3. The lowest BCUT2D eigenvalue weighted by molar-refractivity contribution is -0.139. The fraction of sp³-hybridized carbons (Fsp3) is 0.333. The fourth-order valence-corrected chi connectivity index (χ4v) is 4.03. The summed E-state index contributed by atoms with van der Waals surface area (Å²) < 4.78 is 31.0. The largest absolute Gasteiger partial charge is 0.497 e. The highest BCUT2D eigenvalue weighted by molar-refractivity contribution is 7.92. The Kier molecular flexibility index (Phi) is 8.29. The number of benzene rings is 2. The van der Waals surface area contributed by atoms with Crippen LogP contribution in [0, 0.1) is 0 Å². The molecule has 8 nitrogen and oxygen atoms in total. The van der Waals surface area contributed by atoms with Crippen LogP contribution in [0.3, 0.4) is 0 Å². The Morgan fingerprint density at radius 1 is 1.16 bits per heavy atom. The van der Waals surface area contributed by atoms with Crippen LogP contribution in [-0.4, -0.2) is 58.1 Å². The van der Waals surface area contributed by atoms with Crippen molar-refractivity contribution in [3.63, 3.8) is 0 Å². The molecule has 0 aliphatic rings. The SMILES string of the molecule is CNC(=O)C(C)N(Cc1cccc(OC)c1)C(=O)CN(c1cccc(Cl)c1)S(C)(=O)=O.